The van der Waals surface area contributed by atoms with Crippen LogP contribution in [0.1, 0.15) is 41.0 Å². The first-order valence-electron chi connectivity index (χ1n) is 5.85. The quantitative estimate of drug-likeness (QED) is 0.703. The highest BCUT2D eigenvalue weighted by atomic mass is 16.3. The zero-order valence-corrected chi connectivity index (χ0v) is 10.7. The van der Waals surface area contributed by atoms with Gasteiger partial charge < -0.3 is 5.11 Å². The molecule has 0 amide bonds. The molecule has 2 atom stereocenters. The predicted molar refractivity (Wildman–Crippen MR) is 65.7 cm³/mol. The van der Waals surface area contributed by atoms with Gasteiger partial charge in [-0.3, -0.25) is 0 Å². The van der Waals surface area contributed by atoms with Crippen LogP contribution in [0.3, 0.4) is 0 Å². The third kappa shape index (κ3) is 2.52. The third-order valence-corrected chi connectivity index (χ3v) is 4.05. The summed E-state index contributed by atoms with van der Waals surface area (Å²) in [4.78, 5) is 0. The molecule has 15 heavy (non-hydrogen) atoms. The van der Waals surface area contributed by atoms with Crippen LogP contribution in [0.15, 0.2) is 23.3 Å². The average Bonchev–Trinajstić information content (AvgIpc) is 2.41. The number of aliphatic hydroxyl groups is 1. The molecule has 1 heteroatoms. The molecular formula is C14H24O. The molecule has 0 bridgehead atoms. The van der Waals surface area contributed by atoms with Gasteiger partial charge in [-0.15, -0.1) is 0 Å². The monoisotopic (exact) mass is 208 g/mol. The minimum absolute atomic E-state index is 0.184. The number of allylic oxidation sites excluding steroid dienone is 3. The van der Waals surface area contributed by atoms with Crippen LogP contribution >= 0.6 is 0 Å². The molecule has 0 saturated heterocycles. The Kier molecular flexibility index (Phi) is 3.77. The fraction of sp³-hybridized carbons (Fsp3) is 0.714. The van der Waals surface area contributed by atoms with Gasteiger partial charge in [0.2, 0.25) is 0 Å². The summed E-state index contributed by atoms with van der Waals surface area (Å²) in [5.74, 6) is 1.22. The lowest BCUT2D eigenvalue weighted by Gasteiger charge is -2.33. The van der Waals surface area contributed by atoms with Crippen LogP contribution in [0.4, 0.5) is 0 Å². The minimum Gasteiger partial charge on any atom is -0.392 e. The Morgan fingerprint density at radius 2 is 2.27 bits per heavy atom. The maximum absolute atomic E-state index is 9.03. The third-order valence-electron chi connectivity index (χ3n) is 4.05. The second-order valence-electron chi connectivity index (χ2n) is 5.48. The van der Waals surface area contributed by atoms with Crippen molar-refractivity contribution in [3.05, 3.63) is 23.3 Å². The van der Waals surface area contributed by atoms with Gasteiger partial charge in [0.15, 0.2) is 0 Å². The van der Waals surface area contributed by atoms with E-state index in [4.69, 9.17) is 5.11 Å². The largest absolute Gasteiger partial charge is 0.392 e. The topological polar surface area (TPSA) is 20.2 Å². The van der Waals surface area contributed by atoms with E-state index in [-0.39, 0.29) is 6.61 Å². The maximum Gasteiger partial charge on any atom is 0.0639 e. The van der Waals surface area contributed by atoms with E-state index in [0.29, 0.717) is 17.3 Å². The predicted octanol–water partition coefficient (Wildman–Crippen LogP) is 3.55. The standard InChI is InChI=1S/C14H24O/c1-10(9-15)8-11(2)13-7-6-12(3)14(13,4)5/h6,8,11,13,15H,7,9H2,1-5H3/b10-8-. The smallest absolute Gasteiger partial charge is 0.0639 e. The van der Waals surface area contributed by atoms with E-state index >= 15 is 0 Å². The van der Waals surface area contributed by atoms with Crippen LogP contribution in [-0.2, 0) is 0 Å². The van der Waals surface area contributed by atoms with Gasteiger partial charge in [0.05, 0.1) is 6.61 Å². The molecule has 0 aromatic carbocycles. The van der Waals surface area contributed by atoms with Crippen molar-refractivity contribution in [1.82, 2.24) is 0 Å². The summed E-state index contributed by atoms with van der Waals surface area (Å²) in [5, 5.41) is 9.03. The van der Waals surface area contributed by atoms with Crippen molar-refractivity contribution >= 4 is 0 Å². The van der Waals surface area contributed by atoms with Gasteiger partial charge in [0, 0.05) is 0 Å². The molecule has 1 rings (SSSR count). The molecule has 1 nitrogen and oxygen atoms in total. The summed E-state index contributed by atoms with van der Waals surface area (Å²) < 4.78 is 0. The second-order valence-corrected chi connectivity index (χ2v) is 5.48. The van der Waals surface area contributed by atoms with Gasteiger partial charge in [0.25, 0.3) is 0 Å². The van der Waals surface area contributed by atoms with Crippen molar-refractivity contribution in [2.24, 2.45) is 17.3 Å². The summed E-state index contributed by atoms with van der Waals surface area (Å²) >= 11 is 0. The molecular weight excluding hydrogens is 184 g/mol. The van der Waals surface area contributed by atoms with Crippen LogP contribution in [0, 0.1) is 17.3 Å². The summed E-state index contributed by atoms with van der Waals surface area (Å²) in [7, 11) is 0. The highest BCUT2D eigenvalue weighted by Gasteiger charge is 2.37. The van der Waals surface area contributed by atoms with Crippen molar-refractivity contribution in [3.8, 4) is 0 Å². The van der Waals surface area contributed by atoms with Crippen LogP contribution in [0.2, 0.25) is 0 Å². The van der Waals surface area contributed by atoms with Crippen molar-refractivity contribution in [3.63, 3.8) is 0 Å². The number of hydrogen-bond acceptors (Lipinski definition) is 1. The van der Waals surface area contributed by atoms with Crippen molar-refractivity contribution in [2.75, 3.05) is 6.61 Å². The first kappa shape index (κ1) is 12.5. The van der Waals surface area contributed by atoms with E-state index in [9.17, 15) is 0 Å². The Balaban J connectivity index is 2.76. The van der Waals surface area contributed by atoms with E-state index < -0.39 is 0 Å². The average molecular weight is 208 g/mol. The van der Waals surface area contributed by atoms with Crippen molar-refractivity contribution in [2.45, 2.75) is 41.0 Å². The molecule has 0 fully saturated rings. The zero-order chi connectivity index (χ0) is 11.6. The number of rotatable bonds is 3. The molecule has 86 valence electrons. The molecule has 0 aliphatic heterocycles. The lowest BCUT2D eigenvalue weighted by atomic mass is 9.71. The van der Waals surface area contributed by atoms with Crippen molar-refractivity contribution < 1.29 is 5.11 Å². The normalized spacial score (nSPS) is 27.7. The fourth-order valence-corrected chi connectivity index (χ4v) is 2.64. The van der Waals surface area contributed by atoms with E-state index in [1.807, 2.05) is 6.92 Å². The minimum atomic E-state index is 0.184. The van der Waals surface area contributed by atoms with Crippen LogP contribution in [0.5, 0.6) is 0 Å². The Labute approximate surface area is 93.9 Å². The second kappa shape index (κ2) is 4.52. The fourth-order valence-electron chi connectivity index (χ4n) is 2.64. The SMILES string of the molecule is CC1=CCC(C(C)/C=C(/C)CO)C1(C)C. The molecule has 0 aromatic rings. The van der Waals surface area contributed by atoms with Gasteiger partial charge in [-0.05, 0) is 37.5 Å². The summed E-state index contributed by atoms with van der Waals surface area (Å²) in [5.41, 5.74) is 2.91. The Hall–Kier alpha value is -0.560. The lowest BCUT2D eigenvalue weighted by Crippen LogP contribution is -2.25. The first-order valence-corrected chi connectivity index (χ1v) is 5.85. The molecule has 1 aliphatic carbocycles. The zero-order valence-electron chi connectivity index (χ0n) is 10.7. The van der Waals surface area contributed by atoms with E-state index in [2.05, 4.69) is 39.8 Å². The molecule has 0 radical (unpaired) electrons. The van der Waals surface area contributed by atoms with E-state index in [0.717, 1.165) is 5.57 Å². The van der Waals surface area contributed by atoms with Crippen LogP contribution in [0.25, 0.3) is 0 Å². The summed E-state index contributed by atoms with van der Waals surface area (Å²) in [6.45, 7) is 11.3. The molecule has 2 unspecified atom stereocenters. The molecule has 0 saturated carbocycles. The molecule has 0 heterocycles. The Morgan fingerprint density at radius 1 is 1.67 bits per heavy atom. The van der Waals surface area contributed by atoms with Gasteiger partial charge in [-0.2, -0.15) is 0 Å². The van der Waals surface area contributed by atoms with E-state index in [1.54, 1.807) is 0 Å². The van der Waals surface area contributed by atoms with Gasteiger partial charge in [-0.1, -0.05) is 44.1 Å². The lowest BCUT2D eigenvalue weighted by molar-refractivity contribution is 0.237. The first-order chi connectivity index (χ1) is 6.89. The molecule has 1 aliphatic rings. The van der Waals surface area contributed by atoms with Crippen LogP contribution in [-0.4, -0.2) is 11.7 Å². The Morgan fingerprint density at radius 3 is 2.67 bits per heavy atom. The summed E-state index contributed by atoms with van der Waals surface area (Å²) in [6, 6.07) is 0. The highest BCUT2D eigenvalue weighted by molar-refractivity contribution is 5.20. The number of aliphatic hydroxyl groups excluding tert-OH is 1. The number of hydrogen-bond donors (Lipinski definition) is 1. The van der Waals surface area contributed by atoms with Gasteiger partial charge in [0.1, 0.15) is 0 Å². The molecule has 1 N–H and O–H groups in total. The van der Waals surface area contributed by atoms with E-state index in [1.165, 1.54) is 12.0 Å². The van der Waals surface area contributed by atoms with Crippen molar-refractivity contribution in [1.29, 1.82) is 0 Å². The maximum atomic E-state index is 9.03. The summed E-state index contributed by atoms with van der Waals surface area (Å²) in [6.07, 6.45) is 5.76. The molecule has 0 aromatic heterocycles. The van der Waals surface area contributed by atoms with Gasteiger partial charge in [-0.25, -0.2) is 0 Å². The molecule has 0 spiro atoms. The van der Waals surface area contributed by atoms with Crippen LogP contribution < -0.4 is 0 Å². The highest BCUT2D eigenvalue weighted by Crippen LogP contribution is 2.47. The van der Waals surface area contributed by atoms with Gasteiger partial charge >= 0.3 is 0 Å². The Bertz CT molecular complexity index is 284.